The number of nitrogens with one attached hydrogen (secondary N) is 1. The smallest absolute Gasteiger partial charge is 0.331 e. The fourth-order valence-electron chi connectivity index (χ4n) is 1.47. The maximum Gasteiger partial charge on any atom is 0.331 e. The van der Waals surface area contributed by atoms with Gasteiger partial charge in [0.1, 0.15) is 5.75 Å². The third-order valence-electron chi connectivity index (χ3n) is 2.42. The Labute approximate surface area is 105 Å². The van der Waals surface area contributed by atoms with E-state index in [9.17, 15) is 4.79 Å². The quantitative estimate of drug-likeness (QED) is 0.623. The number of rotatable bonds is 5. The van der Waals surface area contributed by atoms with Gasteiger partial charge in [-0.3, -0.25) is 5.32 Å². The molecule has 4 nitrogen and oxygen atoms in total. The second-order valence-electron chi connectivity index (χ2n) is 3.71. The molecule has 0 saturated carbocycles. The molecule has 0 spiro atoms. The lowest BCUT2D eigenvalue weighted by molar-refractivity contribution is -0.136. The third kappa shape index (κ3) is 3.38. The van der Waals surface area contributed by atoms with E-state index in [0.717, 1.165) is 21.8 Å². The van der Waals surface area contributed by atoms with Gasteiger partial charge in [0.2, 0.25) is 0 Å². The lowest BCUT2D eigenvalue weighted by atomic mass is 10.1. The molecule has 0 heterocycles. The second kappa shape index (κ2) is 5.93. The Kier molecular flexibility index (Phi) is 4.84. The number of benzene rings is 1. The van der Waals surface area contributed by atoms with E-state index in [1.54, 1.807) is 14.2 Å². The molecule has 1 aromatic rings. The molecule has 17 heavy (non-hydrogen) atoms. The van der Waals surface area contributed by atoms with E-state index >= 15 is 0 Å². The lowest BCUT2D eigenvalue weighted by Crippen LogP contribution is -2.30. The van der Waals surface area contributed by atoms with Crippen LogP contribution in [-0.2, 0) is 4.79 Å². The zero-order valence-electron chi connectivity index (χ0n) is 10.4. The molecular weight excluding hydrogens is 238 g/mol. The Morgan fingerprint density at radius 3 is 2.53 bits per heavy atom. The molecule has 0 aliphatic carbocycles. The van der Waals surface area contributed by atoms with Gasteiger partial charge in [-0.2, -0.15) is 0 Å². The van der Waals surface area contributed by atoms with E-state index in [2.05, 4.69) is 5.32 Å². The Hall–Kier alpha value is -1.20. The Bertz CT molecular complexity index is 420. The SMILES string of the molecule is CNC(Sc1cc(C)c(OC)cc1C)C(=O)O. The van der Waals surface area contributed by atoms with Crippen molar-refractivity contribution >= 4 is 17.7 Å². The molecule has 1 aromatic carbocycles. The van der Waals surface area contributed by atoms with Gasteiger partial charge in [-0.05, 0) is 44.2 Å². The molecule has 0 aliphatic rings. The van der Waals surface area contributed by atoms with Crippen LogP contribution in [0.25, 0.3) is 0 Å². The van der Waals surface area contributed by atoms with Crippen LogP contribution < -0.4 is 10.1 Å². The summed E-state index contributed by atoms with van der Waals surface area (Å²) in [6.07, 6.45) is 0. The van der Waals surface area contributed by atoms with Crippen molar-refractivity contribution in [3.8, 4) is 5.75 Å². The summed E-state index contributed by atoms with van der Waals surface area (Å²) in [4.78, 5) is 11.9. The number of carboxylic acid groups (broad SMARTS) is 1. The van der Waals surface area contributed by atoms with E-state index in [1.807, 2.05) is 26.0 Å². The average molecular weight is 255 g/mol. The number of aliphatic carboxylic acids is 1. The van der Waals surface area contributed by atoms with Crippen molar-refractivity contribution in [2.24, 2.45) is 0 Å². The van der Waals surface area contributed by atoms with Gasteiger partial charge in [-0.25, -0.2) is 4.79 Å². The Morgan fingerprint density at radius 1 is 1.41 bits per heavy atom. The van der Waals surface area contributed by atoms with Crippen LogP contribution in [0.4, 0.5) is 0 Å². The predicted octanol–water partition coefficient (Wildman–Crippen LogP) is 2.03. The van der Waals surface area contributed by atoms with Gasteiger partial charge in [0.05, 0.1) is 7.11 Å². The molecule has 5 heteroatoms. The zero-order valence-corrected chi connectivity index (χ0v) is 11.2. The van der Waals surface area contributed by atoms with Gasteiger partial charge in [0, 0.05) is 4.90 Å². The summed E-state index contributed by atoms with van der Waals surface area (Å²) in [5, 5.41) is 11.1. The minimum Gasteiger partial charge on any atom is -0.496 e. The molecule has 1 atom stereocenters. The topological polar surface area (TPSA) is 58.6 Å². The maximum atomic E-state index is 10.9. The second-order valence-corrected chi connectivity index (χ2v) is 4.86. The summed E-state index contributed by atoms with van der Waals surface area (Å²) in [5.74, 6) is -0.0476. The molecule has 0 aromatic heterocycles. The van der Waals surface area contributed by atoms with Crippen LogP contribution in [0.3, 0.4) is 0 Å². The first-order chi connectivity index (χ1) is 7.99. The first-order valence-corrected chi connectivity index (χ1v) is 6.09. The number of aryl methyl sites for hydroxylation is 2. The number of carbonyl (C=O) groups is 1. The molecule has 1 rings (SSSR count). The molecule has 0 saturated heterocycles. The highest BCUT2D eigenvalue weighted by Gasteiger charge is 2.18. The summed E-state index contributed by atoms with van der Waals surface area (Å²) in [6, 6.07) is 3.87. The highest BCUT2D eigenvalue weighted by Crippen LogP contribution is 2.31. The van der Waals surface area contributed by atoms with Crippen LogP contribution in [0, 0.1) is 13.8 Å². The van der Waals surface area contributed by atoms with Crippen molar-refractivity contribution < 1.29 is 14.6 Å². The average Bonchev–Trinajstić information content (AvgIpc) is 2.29. The van der Waals surface area contributed by atoms with E-state index in [-0.39, 0.29) is 0 Å². The summed E-state index contributed by atoms with van der Waals surface area (Å²) in [7, 11) is 3.26. The number of hydrogen-bond donors (Lipinski definition) is 2. The summed E-state index contributed by atoms with van der Waals surface area (Å²) in [5.41, 5.74) is 2.01. The van der Waals surface area contributed by atoms with Crippen LogP contribution in [0.15, 0.2) is 17.0 Å². The monoisotopic (exact) mass is 255 g/mol. The Morgan fingerprint density at radius 2 is 2.06 bits per heavy atom. The summed E-state index contributed by atoms with van der Waals surface area (Å²) < 4.78 is 5.22. The molecule has 2 N–H and O–H groups in total. The maximum absolute atomic E-state index is 10.9. The standard InChI is InChI=1S/C12H17NO3S/c1-7-6-10(8(2)5-9(7)16-4)17-11(13-3)12(14)15/h5-6,11,13H,1-4H3,(H,14,15). The third-order valence-corrected chi connectivity index (χ3v) is 3.79. The fraction of sp³-hybridized carbons (Fsp3) is 0.417. The number of carboxylic acids is 1. The van der Waals surface area contributed by atoms with Gasteiger partial charge < -0.3 is 9.84 Å². The van der Waals surface area contributed by atoms with E-state index in [4.69, 9.17) is 9.84 Å². The predicted molar refractivity (Wildman–Crippen MR) is 68.8 cm³/mol. The number of methoxy groups -OCH3 is 1. The van der Waals surface area contributed by atoms with Gasteiger partial charge in [0.25, 0.3) is 0 Å². The van der Waals surface area contributed by atoms with Crippen LogP contribution in [0.1, 0.15) is 11.1 Å². The van der Waals surface area contributed by atoms with Crippen molar-refractivity contribution in [2.75, 3.05) is 14.2 Å². The minimum atomic E-state index is -0.870. The Balaban J connectivity index is 2.99. The largest absolute Gasteiger partial charge is 0.496 e. The van der Waals surface area contributed by atoms with Crippen molar-refractivity contribution in [1.29, 1.82) is 0 Å². The number of hydrogen-bond acceptors (Lipinski definition) is 4. The number of likely N-dealkylation sites (N-methyl/N-ethyl adjacent to an activating group) is 1. The first-order valence-electron chi connectivity index (χ1n) is 5.21. The fourth-order valence-corrected chi connectivity index (χ4v) is 2.43. The van der Waals surface area contributed by atoms with Crippen LogP contribution in [-0.4, -0.2) is 30.6 Å². The van der Waals surface area contributed by atoms with E-state index in [1.165, 1.54) is 11.8 Å². The van der Waals surface area contributed by atoms with Crippen LogP contribution in [0.2, 0.25) is 0 Å². The highest BCUT2D eigenvalue weighted by atomic mass is 32.2. The minimum absolute atomic E-state index is 0.638. The van der Waals surface area contributed by atoms with Gasteiger partial charge >= 0.3 is 5.97 Å². The molecule has 1 unspecified atom stereocenters. The zero-order chi connectivity index (χ0) is 13.0. The lowest BCUT2D eigenvalue weighted by Gasteiger charge is -2.14. The van der Waals surface area contributed by atoms with Crippen LogP contribution >= 0.6 is 11.8 Å². The van der Waals surface area contributed by atoms with Crippen molar-refractivity contribution in [1.82, 2.24) is 5.32 Å². The first kappa shape index (κ1) is 13.9. The van der Waals surface area contributed by atoms with E-state index in [0.29, 0.717) is 0 Å². The normalized spacial score (nSPS) is 12.2. The highest BCUT2D eigenvalue weighted by molar-refractivity contribution is 8.00. The molecule has 0 aliphatic heterocycles. The molecule has 94 valence electrons. The number of thioether (sulfide) groups is 1. The molecule has 0 bridgehead atoms. The van der Waals surface area contributed by atoms with Crippen molar-refractivity contribution in [3.05, 3.63) is 23.3 Å². The van der Waals surface area contributed by atoms with Crippen LogP contribution in [0.5, 0.6) is 5.75 Å². The molecule has 0 amide bonds. The van der Waals surface area contributed by atoms with Gasteiger partial charge in [-0.1, -0.05) is 11.8 Å². The molecular formula is C12H17NO3S. The number of ether oxygens (including phenoxy) is 1. The molecule has 0 fully saturated rings. The van der Waals surface area contributed by atoms with Gasteiger partial charge in [-0.15, -0.1) is 0 Å². The van der Waals surface area contributed by atoms with Gasteiger partial charge in [0.15, 0.2) is 5.37 Å². The van der Waals surface area contributed by atoms with Crippen molar-refractivity contribution in [2.45, 2.75) is 24.1 Å². The molecule has 0 radical (unpaired) electrons. The summed E-state index contributed by atoms with van der Waals surface area (Å²) >= 11 is 1.29. The van der Waals surface area contributed by atoms with E-state index < -0.39 is 11.3 Å². The van der Waals surface area contributed by atoms with Crippen molar-refractivity contribution in [3.63, 3.8) is 0 Å². The summed E-state index contributed by atoms with van der Waals surface area (Å²) in [6.45, 7) is 3.89.